The van der Waals surface area contributed by atoms with Crippen molar-refractivity contribution in [1.82, 2.24) is 10.6 Å². The summed E-state index contributed by atoms with van der Waals surface area (Å²) in [5, 5.41) is 19.8. The molecule has 4 fully saturated rings. The average Bonchev–Trinajstić information content (AvgIpc) is 2.74. The normalized spacial score (nSPS) is 31.3. The summed E-state index contributed by atoms with van der Waals surface area (Å²) in [5.41, 5.74) is 5.92. The Morgan fingerprint density at radius 3 is 2.46 bits per heavy atom. The van der Waals surface area contributed by atoms with Gasteiger partial charge in [0.1, 0.15) is 6.23 Å². The number of nitrogens with two attached hydrogens (primary N) is 1. The van der Waals surface area contributed by atoms with Crippen LogP contribution in [0.15, 0.2) is 12.1 Å². The highest BCUT2D eigenvalue weighted by atomic mass is 35.5. The van der Waals surface area contributed by atoms with E-state index in [0.717, 1.165) is 44.2 Å². The molecule has 10 heteroatoms. The van der Waals surface area contributed by atoms with Gasteiger partial charge in [-0.3, -0.25) is 4.79 Å². The van der Waals surface area contributed by atoms with E-state index in [4.69, 9.17) is 17.3 Å². The Hall–Kier alpha value is -1.55. The lowest BCUT2D eigenvalue weighted by atomic mass is 9.47. The number of nitrogens with one attached hydrogen (secondary N) is 3. The van der Waals surface area contributed by atoms with Crippen LogP contribution in [-0.4, -0.2) is 42.9 Å². The molecule has 4 atom stereocenters. The Labute approximate surface area is 209 Å². The summed E-state index contributed by atoms with van der Waals surface area (Å²) in [7, 11) is 0. The molecule has 0 radical (unpaired) electrons. The van der Waals surface area contributed by atoms with Gasteiger partial charge >= 0.3 is 6.18 Å². The fourth-order valence-electron chi connectivity index (χ4n) is 6.83. The van der Waals surface area contributed by atoms with Crippen LogP contribution < -0.4 is 21.7 Å². The molecule has 0 heterocycles. The Morgan fingerprint density at radius 1 is 1.23 bits per heavy atom. The van der Waals surface area contributed by atoms with Gasteiger partial charge in [-0.25, -0.2) is 0 Å². The summed E-state index contributed by atoms with van der Waals surface area (Å²) in [6, 6.07) is 2.17. The van der Waals surface area contributed by atoms with E-state index in [1.807, 2.05) is 6.92 Å². The first-order valence-corrected chi connectivity index (χ1v) is 12.8. The van der Waals surface area contributed by atoms with E-state index < -0.39 is 18.0 Å². The van der Waals surface area contributed by atoms with Crippen molar-refractivity contribution in [3.8, 4) is 0 Å². The van der Waals surface area contributed by atoms with Gasteiger partial charge in [0.2, 0.25) is 5.91 Å². The quantitative estimate of drug-likeness (QED) is 0.321. The summed E-state index contributed by atoms with van der Waals surface area (Å²) in [5.74, 6) is 1.44. The van der Waals surface area contributed by atoms with Gasteiger partial charge in [0.15, 0.2) is 0 Å². The van der Waals surface area contributed by atoms with Crippen LogP contribution in [0.3, 0.4) is 0 Å². The minimum Gasteiger partial charge on any atom is -0.383 e. The Balaban J connectivity index is 1.21. The lowest BCUT2D eigenvalue weighted by Crippen LogP contribution is -2.63. The second-order valence-electron chi connectivity index (χ2n) is 11.1. The molecular formula is C25H36ClF3N4O2. The van der Waals surface area contributed by atoms with Gasteiger partial charge in [-0.2, -0.15) is 13.2 Å². The molecule has 4 aliphatic carbocycles. The van der Waals surface area contributed by atoms with Crippen molar-refractivity contribution >= 4 is 23.2 Å². The first-order chi connectivity index (χ1) is 16.4. The van der Waals surface area contributed by atoms with E-state index in [-0.39, 0.29) is 34.8 Å². The molecule has 0 spiro atoms. The van der Waals surface area contributed by atoms with Crippen LogP contribution in [0.5, 0.6) is 0 Å². The molecule has 0 aromatic heterocycles. The van der Waals surface area contributed by atoms with E-state index in [2.05, 4.69) is 16.0 Å². The van der Waals surface area contributed by atoms with Crippen LogP contribution >= 0.6 is 11.6 Å². The van der Waals surface area contributed by atoms with E-state index >= 15 is 0 Å². The van der Waals surface area contributed by atoms with Crippen LogP contribution in [0.4, 0.5) is 18.9 Å². The summed E-state index contributed by atoms with van der Waals surface area (Å²) in [6.45, 7) is 4.85. The second kappa shape index (κ2) is 10.1. The van der Waals surface area contributed by atoms with Gasteiger partial charge in [0.05, 0.1) is 22.8 Å². The van der Waals surface area contributed by atoms with Crippen molar-refractivity contribution in [2.24, 2.45) is 34.8 Å². The summed E-state index contributed by atoms with van der Waals surface area (Å²) >= 11 is 6.09. The number of anilines is 1. The molecule has 4 saturated carbocycles. The van der Waals surface area contributed by atoms with Crippen LogP contribution in [0.2, 0.25) is 5.02 Å². The molecule has 196 valence electrons. The molecule has 6 N–H and O–H groups in total. The first-order valence-electron chi connectivity index (χ1n) is 12.4. The van der Waals surface area contributed by atoms with Crippen LogP contribution in [0, 0.1) is 36.0 Å². The molecule has 1 aromatic rings. The molecule has 4 unspecified atom stereocenters. The lowest BCUT2D eigenvalue weighted by molar-refractivity contribution is -0.141. The lowest BCUT2D eigenvalue weighted by Gasteiger charge is -2.60. The van der Waals surface area contributed by atoms with Crippen LogP contribution in [0.1, 0.15) is 50.2 Å². The van der Waals surface area contributed by atoms with Crippen molar-refractivity contribution in [1.29, 1.82) is 0 Å². The summed E-state index contributed by atoms with van der Waals surface area (Å²) < 4.78 is 38.8. The van der Waals surface area contributed by atoms with Crippen LogP contribution in [-0.2, 0) is 11.0 Å². The molecule has 35 heavy (non-hydrogen) atoms. The molecule has 4 aliphatic rings. The first kappa shape index (κ1) is 26.5. The zero-order chi connectivity index (χ0) is 25.5. The number of rotatable bonds is 9. The van der Waals surface area contributed by atoms with E-state index in [0.29, 0.717) is 42.1 Å². The van der Waals surface area contributed by atoms with Gasteiger partial charge < -0.3 is 26.8 Å². The number of alkyl halides is 3. The maximum atomic E-state index is 12.9. The van der Waals surface area contributed by atoms with Crippen LogP contribution in [0.25, 0.3) is 0 Å². The van der Waals surface area contributed by atoms with Gasteiger partial charge in [0.25, 0.3) is 0 Å². The number of aliphatic hydroxyl groups excluding tert-OH is 1. The minimum absolute atomic E-state index is 0.0355. The number of carbonyl (C=O) groups is 1. The maximum Gasteiger partial charge on any atom is 0.416 e. The molecule has 6 nitrogen and oxygen atoms in total. The standard InChI is InChI=1S/C25H36ClF3N4O2/c1-13(11-32-21-14(2)3-18(6-19(21)26)25(27,28)29)10-31-12-20(34)33-22-16-4-15-5-17(22)9-24(7-15,8-16)23(30)35/h3,6,13,15-17,22-23,31-32,35H,4-5,7-12,30H2,1-2H3,(H,33,34). The number of aryl methyl sites for hydroxylation is 1. The second-order valence-corrected chi connectivity index (χ2v) is 11.5. The van der Waals surface area contributed by atoms with E-state index in [1.54, 1.807) is 6.92 Å². The summed E-state index contributed by atoms with van der Waals surface area (Å²) in [4.78, 5) is 12.6. The number of carbonyl (C=O) groups excluding carboxylic acids is 1. The molecular weight excluding hydrogens is 481 g/mol. The zero-order valence-corrected chi connectivity index (χ0v) is 21.0. The van der Waals surface area contributed by atoms with Gasteiger partial charge in [-0.15, -0.1) is 0 Å². The number of hydrogen-bond donors (Lipinski definition) is 5. The molecule has 4 bridgehead atoms. The topological polar surface area (TPSA) is 99.4 Å². The number of amides is 1. The number of benzene rings is 1. The maximum absolute atomic E-state index is 12.9. The number of halogens is 4. The van der Waals surface area contributed by atoms with E-state index in [1.165, 1.54) is 0 Å². The highest BCUT2D eigenvalue weighted by Gasteiger charge is 2.57. The minimum atomic E-state index is -4.44. The SMILES string of the molecule is Cc1cc(C(F)(F)F)cc(Cl)c1NCC(C)CNCC(=O)NC1C2CC3CC1CC(C(N)O)(C3)C2. The van der Waals surface area contributed by atoms with Gasteiger partial charge in [0, 0.05) is 18.0 Å². The molecule has 0 aliphatic heterocycles. The largest absolute Gasteiger partial charge is 0.416 e. The smallest absolute Gasteiger partial charge is 0.383 e. The Morgan fingerprint density at radius 2 is 1.89 bits per heavy atom. The third kappa shape index (κ3) is 5.73. The predicted molar refractivity (Wildman–Crippen MR) is 130 cm³/mol. The van der Waals surface area contributed by atoms with Gasteiger partial charge in [-0.1, -0.05) is 18.5 Å². The Bertz CT molecular complexity index is 903. The monoisotopic (exact) mass is 516 g/mol. The number of aliphatic hydroxyl groups is 1. The number of hydrogen-bond acceptors (Lipinski definition) is 5. The third-order valence-corrected chi connectivity index (χ3v) is 8.59. The fraction of sp³-hybridized carbons (Fsp3) is 0.720. The van der Waals surface area contributed by atoms with Gasteiger partial charge in [-0.05, 0) is 86.9 Å². The predicted octanol–water partition coefficient (Wildman–Crippen LogP) is 3.89. The molecule has 1 aromatic carbocycles. The average molecular weight is 517 g/mol. The Kier molecular flexibility index (Phi) is 7.63. The van der Waals surface area contributed by atoms with E-state index in [9.17, 15) is 23.1 Å². The highest BCUT2D eigenvalue weighted by molar-refractivity contribution is 6.33. The van der Waals surface area contributed by atoms with Crippen molar-refractivity contribution in [2.45, 2.75) is 64.4 Å². The summed E-state index contributed by atoms with van der Waals surface area (Å²) in [6.07, 6.45) is -0.270. The molecule has 5 rings (SSSR count). The zero-order valence-electron chi connectivity index (χ0n) is 20.2. The fourth-order valence-corrected chi connectivity index (χ4v) is 7.17. The third-order valence-electron chi connectivity index (χ3n) is 8.30. The van der Waals surface area contributed by atoms with Crippen molar-refractivity contribution in [2.75, 3.05) is 25.0 Å². The molecule has 1 amide bonds. The van der Waals surface area contributed by atoms with Crippen molar-refractivity contribution in [3.05, 3.63) is 28.3 Å². The molecule has 0 saturated heterocycles. The van der Waals surface area contributed by atoms with Crippen molar-refractivity contribution in [3.63, 3.8) is 0 Å². The highest BCUT2D eigenvalue weighted by Crippen LogP contribution is 2.60. The van der Waals surface area contributed by atoms with Crippen molar-refractivity contribution < 1.29 is 23.1 Å².